The highest BCUT2D eigenvalue weighted by atomic mass is 15.3. The van der Waals surface area contributed by atoms with E-state index < -0.39 is 0 Å². The Morgan fingerprint density at radius 1 is 1.21 bits per heavy atom. The van der Waals surface area contributed by atoms with Crippen LogP contribution in [0, 0.1) is 0 Å². The normalized spacial score (nSPS) is 12.8. The highest BCUT2D eigenvalue weighted by molar-refractivity contribution is 5.24. The van der Waals surface area contributed by atoms with Crippen molar-refractivity contribution in [2.45, 2.75) is 46.3 Å². The third kappa shape index (κ3) is 2.54. The molecule has 1 atom stereocenters. The van der Waals surface area contributed by atoms with E-state index in [1.807, 2.05) is 15.4 Å². The van der Waals surface area contributed by atoms with E-state index in [9.17, 15) is 0 Å². The van der Waals surface area contributed by atoms with Gasteiger partial charge >= 0.3 is 0 Å². The lowest BCUT2D eigenvalue weighted by molar-refractivity contribution is 0.500. The maximum Gasteiger partial charge on any atom is 0.105 e. The Hall–Kier alpha value is -1.66. The van der Waals surface area contributed by atoms with Crippen LogP contribution in [0.5, 0.6) is 0 Å². The molecule has 6 nitrogen and oxygen atoms in total. The molecule has 2 heterocycles. The molecule has 2 rings (SSSR count). The molecule has 0 aromatic carbocycles. The van der Waals surface area contributed by atoms with E-state index in [1.54, 1.807) is 6.20 Å². The van der Waals surface area contributed by atoms with Crippen molar-refractivity contribution in [1.29, 1.82) is 0 Å². The van der Waals surface area contributed by atoms with Crippen LogP contribution in [-0.4, -0.2) is 19.6 Å². The Bertz CT molecular complexity index is 527. The smallest absolute Gasteiger partial charge is 0.105 e. The van der Waals surface area contributed by atoms with Gasteiger partial charge in [0.05, 0.1) is 17.1 Å². The minimum Gasteiger partial charge on any atom is -0.270 e. The molecule has 1 unspecified atom stereocenters. The molecule has 0 saturated heterocycles. The lowest BCUT2D eigenvalue weighted by atomic mass is 10.1. The van der Waals surface area contributed by atoms with Crippen molar-refractivity contribution in [2.24, 2.45) is 5.84 Å². The van der Waals surface area contributed by atoms with E-state index in [0.717, 1.165) is 36.6 Å². The predicted octanol–water partition coefficient (Wildman–Crippen LogP) is 1.23. The molecule has 0 aliphatic heterocycles. The Morgan fingerprint density at radius 2 is 1.95 bits per heavy atom. The van der Waals surface area contributed by atoms with Crippen LogP contribution < -0.4 is 11.3 Å². The van der Waals surface area contributed by atoms with Gasteiger partial charge in [-0.15, -0.1) is 0 Å². The van der Waals surface area contributed by atoms with Gasteiger partial charge in [-0.25, -0.2) is 5.43 Å². The van der Waals surface area contributed by atoms with Gasteiger partial charge in [0.25, 0.3) is 0 Å². The van der Waals surface area contributed by atoms with Gasteiger partial charge in [0.1, 0.15) is 6.04 Å². The first-order valence-corrected chi connectivity index (χ1v) is 6.79. The Morgan fingerprint density at radius 3 is 2.53 bits per heavy atom. The van der Waals surface area contributed by atoms with Gasteiger partial charge in [-0.05, 0) is 32.4 Å². The van der Waals surface area contributed by atoms with Crippen LogP contribution in [0.3, 0.4) is 0 Å². The van der Waals surface area contributed by atoms with Gasteiger partial charge < -0.3 is 0 Å². The second-order valence-electron chi connectivity index (χ2n) is 4.40. The quantitative estimate of drug-likeness (QED) is 0.606. The number of rotatable bonds is 6. The summed E-state index contributed by atoms with van der Waals surface area (Å²) < 4.78 is 3.94. The van der Waals surface area contributed by atoms with Gasteiger partial charge in [-0.1, -0.05) is 6.92 Å². The largest absolute Gasteiger partial charge is 0.270 e. The Kier molecular flexibility index (Phi) is 4.34. The van der Waals surface area contributed by atoms with Gasteiger partial charge in [0.2, 0.25) is 0 Å². The molecule has 2 aromatic rings. The third-order valence-corrected chi connectivity index (χ3v) is 3.33. The van der Waals surface area contributed by atoms with Crippen molar-refractivity contribution in [3.05, 3.63) is 35.4 Å². The standard InChI is InChI=1S/C13H22N6/c1-4-10-9-12(19(6-3)17-10)13(16-14)11-7-8-15-18(11)5-2/h7-9,13,16H,4-6,14H2,1-3H3. The molecule has 0 amide bonds. The lowest BCUT2D eigenvalue weighted by Gasteiger charge is -2.18. The number of aromatic nitrogens is 4. The summed E-state index contributed by atoms with van der Waals surface area (Å²) in [6.45, 7) is 7.90. The van der Waals surface area contributed by atoms with Crippen LogP contribution in [0.4, 0.5) is 0 Å². The summed E-state index contributed by atoms with van der Waals surface area (Å²) in [5, 5.41) is 8.88. The summed E-state index contributed by atoms with van der Waals surface area (Å²) in [6.07, 6.45) is 2.72. The van der Waals surface area contributed by atoms with Crippen molar-refractivity contribution in [2.75, 3.05) is 0 Å². The van der Waals surface area contributed by atoms with E-state index in [-0.39, 0.29) is 6.04 Å². The summed E-state index contributed by atoms with van der Waals surface area (Å²) in [5.41, 5.74) is 6.11. The van der Waals surface area contributed by atoms with Crippen LogP contribution in [0.1, 0.15) is 43.9 Å². The lowest BCUT2D eigenvalue weighted by Crippen LogP contribution is -2.32. The highest BCUT2D eigenvalue weighted by Gasteiger charge is 2.21. The molecule has 0 fully saturated rings. The molecule has 19 heavy (non-hydrogen) atoms. The van der Waals surface area contributed by atoms with Crippen molar-refractivity contribution in [1.82, 2.24) is 25.0 Å². The van der Waals surface area contributed by atoms with Gasteiger partial charge in [0, 0.05) is 19.3 Å². The zero-order valence-corrected chi connectivity index (χ0v) is 11.8. The molecular weight excluding hydrogens is 240 g/mol. The van der Waals surface area contributed by atoms with E-state index in [1.165, 1.54) is 0 Å². The minimum absolute atomic E-state index is 0.0878. The van der Waals surface area contributed by atoms with E-state index >= 15 is 0 Å². The van der Waals surface area contributed by atoms with E-state index in [4.69, 9.17) is 5.84 Å². The minimum atomic E-state index is -0.0878. The van der Waals surface area contributed by atoms with Crippen LogP contribution in [0.25, 0.3) is 0 Å². The topological polar surface area (TPSA) is 73.7 Å². The van der Waals surface area contributed by atoms with Gasteiger partial charge in [-0.2, -0.15) is 10.2 Å². The SMILES string of the molecule is CCc1cc(C(NN)c2ccnn2CC)n(CC)n1. The van der Waals surface area contributed by atoms with Crippen LogP contribution in [0.15, 0.2) is 18.3 Å². The molecule has 0 aliphatic carbocycles. The van der Waals surface area contributed by atoms with E-state index in [0.29, 0.717) is 0 Å². The fraction of sp³-hybridized carbons (Fsp3) is 0.538. The number of hydrogen-bond donors (Lipinski definition) is 2. The van der Waals surface area contributed by atoms with Crippen molar-refractivity contribution in [3.8, 4) is 0 Å². The molecular formula is C13H22N6. The summed E-state index contributed by atoms with van der Waals surface area (Å²) >= 11 is 0. The molecule has 0 radical (unpaired) electrons. The molecule has 2 aromatic heterocycles. The third-order valence-electron chi connectivity index (χ3n) is 3.33. The number of nitrogens with two attached hydrogens (primary N) is 1. The van der Waals surface area contributed by atoms with Crippen molar-refractivity contribution in [3.63, 3.8) is 0 Å². The molecule has 0 aliphatic rings. The number of nitrogens with one attached hydrogen (secondary N) is 1. The van der Waals surface area contributed by atoms with Crippen LogP contribution in [0.2, 0.25) is 0 Å². The molecule has 6 heteroatoms. The average molecular weight is 262 g/mol. The zero-order chi connectivity index (χ0) is 13.8. The second kappa shape index (κ2) is 5.99. The number of nitrogens with zero attached hydrogens (tertiary/aromatic N) is 4. The van der Waals surface area contributed by atoms with Crippen LogP contribution >= 0.6 is 0 Å². The molecule has 104 valence electrons. The number of aryl methyl sites for hydroxylation is 3. The fourth-order valence-electron chi connectivity index (χ4n) is 2.32. The van der Waals surface area contributed by atoms with Gasteiger partial charge in [-0.3, -0.25) is 15.2 Å². The summed E-state index contributed by atoms with van der Waals surface area (Å²) in [6, 6.07) is 4.02. The summed E-state index contributed by atoms with van der Waals surface area (Å²) in [5.74, 6) is 5.76. The van der Waals surface area contributed by atoms with Crippen LogP contribution in [-0.2, 0) is 19.5 Å². The zero-order valence-electron chi connectivity index (χ0n) is 11.8. The first-order chi connectivity index (χ1) is 9.24. The van der Waals surface area contributed by atoms with E-state index in [2.05, 4.69) is 42.5 Å². The number of hydrogen-bond acceptors (Lipinski definition) is 4. The van der Waals surface area contributed by atoms with Crippen molar-refractivity contribution < 1.29 is 0 Å². The second-order valence-corrected chi connectivity index (χ2v) is 4.40. The Labute approximate surface area is 113 Å². The summed E-state index contributed by atoms with van der Waals surface area (Å²) in [7, 11) is 0. The molecule has 3 N–H and O–H groups in total. The maximum atomic E-state index is 5.76. The predicted molar refractivity (Wildman–Crippen MR) is 74.3 cm³/mol. The highest BCUT2D eigenvalue weighted by Crippen LogP contribution is 2.22. The monoisotopic (exact) mass is 262 g/mol. The molecule has 0 saturated carbocycles. The number of hydrazine groups is 1. The van der Waals surface area contributed by atoms with Gasteiger partial charge in [0.15, 0.2) is 0 Å². The Balaban J connectivity index is 2.44. The fourth-order valence-corrected chi connectivity index (χ4v) is 2.32. The summed E-state index contributed by atoms with van der Waals surface area (Å²) in [4.78, 5) is 0. The van der Waals surface area contributed by atoms with Crippen molar-refractivity contribution >= 4 is 0 Å². The first-order valence-electron chi connectivity index (χ1n) is 6.79. The molecule has 0 bridgehead atoms. The average Bonchev–Trinajstić information content (AvgIpc) is 3.06. The first kappa shape index (κ1) is 13.8. The maximum absolute atomic E-state index is 5.76. The molecule has 0 spiro atoms.